The van der Waals surface area contributed by atoms with Gasteiger partial charge in [-0.3, -0.25) is 0 Å². The van der Waals surface area contributed by atoms with Crippen molar-refractivity contribution < 1.29 is 0 Å². The summed E-state index contributed by atoms with van der Waals surface area (Å²) in [6, 6.07) is 105. The van der Waals surface area contributed by atoms with Gasteiger partial charge in [-0.15, -0.1) is 0 Å². The molecule has 0 atom stereocenters. The summed E-state index contributed by atoms with van der Waals surface area (Å²) in [6.07, 6.45) is 0. The van der Waals surface area contributed by atoms with Gasteiger partial charge in [0, 0.05) is 54.5 Å². The molecule has 14 rings (SSSR count). The Bertz CT molecular complexity index is 4330. The van der Waals surface area contributed by atoms with Crippen LogP contribution in [0.4, 0.5) is 39.8 Å². The van der Waals surface area contributed by atoms with Crippen LogP contribution in [0.5, 0.6) is 0 Å². The molecule has 0 spiro atoms. The third kappa shape index (κ3) is 11.0. The van der Waals surface area contributed by atoms with E-state index in [0.29, 0.717) is 0 Å². The predicted octanol–water partition coefficient (Wildman–Crippen LogP) is 20.2. The summed E-state index contributed by atoms with van der Waals surface area (Å²) in [5, 5.41) is 15.4. The van der Waals surface area contributed by atoms with Crippen molar-refractivity contribution in [2.24, 2.45) is 0 Å². The van der Waals surface area contributed by atoms with Gasteiger partial charge in [-0.1, -0.05) is 186 Å². The molecule has 0 amide bonds. The summed E-state index contributed by atoms with van der Waals surface area (Å²) in [7, 11) is 0. The van der Waals surface area contributed by atoms with Gasteiger partial charge in [0.2, 0.25) is 0 Å². The van der Waals surface area contributed by atoms with Crippen LogP contribution in [0.3, 0.4) is 0 Å². The number of nitrogens with zero attached hydrogens (tertiary/aromatic N) is 2. The molecule has 0 aliphatic rings. The Labute approximate surface area is 468 Å². The van der Waals surface area contributed by atoms with Gasteiger partial charge in [-0.2, -0.15) is 0 Å². The summed E-state index contributed by atoms with van der Waals surface area (Å²) in [5.74, 6) is 0. The number of anilines is 7. The lowest BCUT2D eigenvalue weighted by molar-refractivity contribution is 1.18. The largest absolute Gasteiger partial charge is 0.397 e. The SMILES string of the molecule is Brc1ccc(-c2ccc3c(c2)c2ccccc2n3-c2ccccc2)cc1.Nc1ccccc1Nc1ccccc1.c1ccc(Nc2ccccc2Nc2ccc(-c3ccc4c(c3)c3ccccc3n4-c3ccccc3)cc2)cc1. The van der Waals surface area contributed by atoms with Gasteiger partial charge < -0.3 is 30.8 Å². The molecule has 6 nitrogen and oxygen atoms in total. The summed E-state index contributed by atoms with van der Waals surface area (Å²) >= 11 is 3.52. The molecule has 0 saturated heterocycles. The minimum Gasteiger partial charge on any atom is -0.397 e. The first-order chi connectivity index (χ1) is 39.0. The minimum atomic E-state index is 0.761. The quantitative estimate of drug-likeness (QED) is 0.103. The normalized spacial score (nSPS) is 10.9. The molecule has 2 heterocycles. The third-order valence-corrected chi connectivity index (χ3v) is 14.6. The number of halogens is 1. The van der Waals surface area contributed by atoms with E-state index in [2.05, 4.69) is 259 Å². The molecule has 0 bridgehead atoms. The minimum absolute atomic E-state index is 0.761. The Kier molecular flexibility index (Phi) is 14.5. The highest BCUT2D eigenvalue weighted by molar-refractivity contribution is 9.10. The zero-order valence-corrected chi connectivity index (χ0v) is 44.8. The first kappa shape index (κ1) is 49.8. The zero-order chi connectivity index (χ0) is 53.3. The van der Waals surface area contributed by atoms with Crippen molar-refractivity contribution in [2.75, 3.05) is 21.7 Å². The van der Waals surface area contributed by atoms with Gasteiger partial charge in [0.25, 0.3) is 0 Å². The monoisotopic (exact) mass is 1080 g/mol. The lowest BCUT2D eigenvalue weighted by Crippen LogP contribution is -1.97. The number of fused-ring (bicyclic) bond motifs is 6. The fraction of sp³-hybridized carbons (Fsp3) is 0. The van der Waals surface area contributed by atoms with Crippen molar-refractivity contribution in [1.82, 2.24) is 9.13 Å². The molecule has 0 fully saturated rings. The van der Waals surface area contributed by atoms with Crippen LogP contribution < -0.4 is 21.7 Å². The lowest BCUT2D eigenvalue weighted by atomic mass is 10.0. The predicted molar refractivity (Wildman–Crippen MR) is 340 cm³/mol. The van der Waals surface area contributed by atoms with Gasteiger partial charge >= 0.3 is 0 Å². The zero-order valence-electron chi connectivity index (χ0n) is 43.2. The van der Waals surface area contributed by atoms with Crippen molar-refractivity contribution in [3.05, 3.63) is 308 Å². The molecule has 5 N–H and O–H groups in total. The van der Waals surface area contributed by atoms with E-state index in [1.165, 1.54) is 77.2 Å². The van der Waals surface area contributed by atoms with E-state index in [9.17, 15) is 0 Å². The highest BCUT2D eigenvalue weighted by Crippen LogP contribution is 2.38. The van der Waals surface area contributed by atoms with Gasteiger partial charge in [0.05, 0.1) is 44.8 Å². The van der Waals surface area contributed by atoms with Crippen LogP contribution in [0.1, 0.15) is 0 Å². The van der Waals surface area contributed by atoms with E-state index >= 15 is 0 Å². The molecule has 0 aliphatic carbocycles. The molecule has 0 unspecified atom stereocenters. The second-order valence-electron chi connectivity index (χ2n) is 19.2. The molecule has 0 aliphatic heterocycles. The van der Waals surface area contributed by atoms with Gasteiger partial charge in [-0.25, -0.2) is 0 Å². The number of para-hydroxylation sites is 10. The highest BCUT2D eigenvalue weighted by atomic mass is 79.9. The second-order valence-corrected chi connectivity index (χ2v) is 20.1. The van der Waals surface area contributed by atoms with E-state index in [1.807, 2.05) is 84.9 Å². The Morgan fingerprint density at radius 1 is 0.266 bits per heavy atom. The Morgan fingerprint density at radius 2 is 0.595 bits per heavy atom. The first-order valence-corrected chi connectivity index (χ1v) is 27.2. The summed E-state index contributed by atoms with van der Waals surface area (Å²) in [6.45, 7) is 0. The maximum atomic E-state index is 5.81. The van der Waals surface area contributed by atoms with Crippen molar-refractivity contribution in [2.45, 2.75) is 0 Å². The molecule has 79 heavy (non-hydrogen) atoms. The van der Waals surface area contributed by atoms with Crippen molar-refractivity contribution in [1.29, 1.82) is 0 Å². The van der Waals surface area contributed by atoms with E-state index in [-0.39, 0.29) is 0 Å². The smallest absolute Gasteiger partial charge is 0.0623 e. The topological polar surface area (TPSA) is 72.0 Å². The van der Waals surface area contributed by atoms with Gasteiger partial charge in [-0.05, 0) is 156 Å². The van der Waals surface area contributed by atoms with Crippen LogP contribution in [0.2, 0.25) is 0 Å². The van der Waals surface area contributed by atoms with Gasteiger partial charge in [0.15, 0.2) is 0 Å². The second kappa shape index (κ2) is 23.0. The van der Waals surface area contributed by atoms with E-state index in [4.69, 9.17) is 5.73 Å². The fourth-order valence-corrected chi connectivity index (χ4v) is 10.5. The molecular formula is C72H55BrN6. The first-order valence-electron chi connectivity index (χ1n) is 26.4. The van der Waals surface area contributed by atoms with Crippen LogP contribution in [-0.2, 0) is 0 Å². The molecule has 12 aromatic carbocycles. The molecule has 380 valence electrons. The van der Waals surface area contributed by atoms with Crippen molar-refractivity contribution in [3.8, 4) is 33.6 Å². The van der Waals surface area contributed by atoms with Crippen LogP contribution in [0, 0.1) is 0 Å². The van der Waals surface area contributed by atoms with Crippen LogP contribution in [-0.4, -0.2) is 9.13 Å². The molecule has 0 radical (unpaired) electrons. The number of hydrogen-bond acceptors (Lipinski definition) is 4. The van der Waals surface area contributed by atoms with E-state index in [1.54, 1.807) is 0 Å². The highest BCUT2D eigenvalue weighted by Gasteiger charge is 2.15. The molecule has 2 aromatic heterocycles. The average molecular weight is 1080 g/mol. The Balaban J connectivity index is 0.000000133. The maximum Gasteiger partial charge on any atom is 0.0623 e. The van der Waals surface area contributed by atoms with E-state index < -0.39 is 0 Å². The van der Waals surface area contributed by atoms with Gasteiger partial charge in [0.1, 0.15) is 0 Å². The number of hydrogen-bond donors (Lipinski definition) is 4. The molecular weight excluding hydrogens is 1030 g/mol. The maximum absolute atomic E-state index is 5.81. The van der Waals surface area contributed by atoms with Crippen LogP contribution in [0.15, 0.2) is 308 Å². The van der Waals surface area contributed by atoms with Crippen molar-refractivity contribution >= 4 is 99.4 Å². The Hall–Kier alpha value is -10.1. The number of nitrogens with one attached hydrogen (secondary N) is 3. The standard InChI is InChI=1S/C36H27N3.C24H16BrN.C12H12N2/c1-3-11-28(12-4-1)37-33-16-8-9-17-34(33)38-29-22-19-26(20-23-29)27-21-24-36-32(25-27)31-15-7-10-18-35(31)39(36)30-13-5-2-6-14-30;25-19-13-10-17(11-14-19)18-12-15-24-22(16-18)21-8-4-5-9-23(21)26(24)20-6-2-1-3-7-20;13-11-8-4-5-9-12(11)14-10-6-2-1-3-7-10/h1-25,37-38H;1-16H;1-9,14H,13H2. The molecule has 0 saturated carbocycles. The number of benzene rings is 12. The summed E-state index contributed by atoms with van der Waals surface area (Å²) < 4.78 is 5.79. The third-order valence-electron chi connectivity index (χ3n) is 14.0. The number of aromatic nitrogens is 2. The van der Waals surface area contributed by atoms with E-state index in [0.717, 1.165) is 44.3 Å². The molecule has 7 heteroatoms. The number of nitrogen functional groups attached to an aromatic ring is 1. The fourth-order valence-electron chi connectivity index (χ4n) is 10.2. The lowest BCUT2D eigenvalue weighted by Gasteiger charge is -2.14. The average Bonchev–Trinajstić information content (AvgIpc) is 4.09. The number of rotatable bonds is 10. The van der Waals surface area contributed by atoms with Crippen LogP contribution in [0.25, 0.3) is 77.2 Å². The molecule has 14 aromatic rings. The summed E-state index contributed by atoms with van der Waals surface area (Å²) in [5.41, 5.74) is 24.9. The summed E-state index contributed by atoms with van der Waals surface area (Å²) in [4.78, 5) is 0. The number of nitrogens with two attached hydrogens (primary N) is 1. The van der Waals surface area contributed by atoms with Crippen molar-refractivity contribution in [3.63, 3.8) is 0 Å². The Morgan fingerprint density at radius 3 is 1.05 bits per heavy atom. The van der Waals surface area contributed by atoms with Crippen LogP contribution >= 0.6 is 15.9 Å².